The van der Waals surface area contributed by atoms with Crippen molar-refractivity contribution in [2.24, 2.45) is 0 Å². The molecule has 0 atom stereocenters. The van der Waals surface area contributed by atoms with Crippen molar-refractivity contribution in [3.8, 4) is 0 Å². The van der Waals surface area contributed by atoms with E-state index in [2.05, 4.69) is 90.0 Å². The molecule has 0 saturated heterocycles. The Hall–Kier alpha value is -1.56. The Morgan fingerprint density at radius 2 is 1.32 bits per heavy atom. The monoisotopic (exact) mass is 416 g/mol. The molecule has 22 heavy (non-hydrogen) atoms. The quantitative estimate of drug-likeness (QED) is 0.646. The molecule has 0 aliphatic carbocycles. The molecule has 0 amide bonds. The zero-order chi connectivity index (χ0) is 15.0. The number of allylic oxidation sites excluding steroid dienone is 4. The van der Waals surface area contributed by atoms with Gasteiger partial charge in [0.15, 0.2) is 0 Å². The van der Waals surface area contributed by atoms with Crippen LogP contribution in [0.3, 0.4) is 0 Å². The summed E-state index contributed by atoms with van der Waals surface area (Å²) in [6, 6.07) is 21.0. The van der Waals surface area contributed by atoms with Crippen molar-refractivity contribution in [3.05, 3.63) is 103 Å². The first-order valence-corrected chi connectivity index (χ1v) is 10.7. The fourth-order valence-corrected chi connectivity index (χ4v) is 7.38. The molecule has 2 heteroatoms. The van der Waals surface area contributed by atoms with E-state index in [1.807, 2.05) is 6.07 Å². The Bertz CT molecular complexity index is 723. The fourth-order valence-electron chi connectivity index (χ4n) is 1.97. The van der Waals surface area contributed by atoms with Gasteiger partial charge in [-0.3, -0.25) is 0 Å². The molecule has 0 unspecified atom stereocenters. The number of hydrogen-bond donors (Lipinski definition) is 0. The van der Waals surface area contributed by atoms with Gasteiger partial charge >= 0.3 is 145 Å². The molecule has 2 aromatic carbocycles. The summed E-state index contributed by atoms with van der Waals surface area (Å²) in [5.41, 5.74) is 2.53. The fraction of sp³-hybridized carbons (Fsp3) is 0. The zero-order valence-corrected chi connectivity index (χ0v) is 15.5. The van der Waals surface area contributed by atoms with Crippen LogP contribution in [0.2, 0.25) is 0 Å². The van der Waals surface area contributed by atoms with E-state index in [-0.39, 0.29) is 0 Å². The Kier molecular flexibility index (Phi) is 5.70. The molecule has 1 aliphatic heterocycles. The van der Waals surface area contributed by atoms with Crippen molar-refractivity contribution in [3.63, 3.8) is 0 Å². The van der Waals surface area contributed by atoms with Crippen LogP contribution in [0.1, 0.15) is 11.1 Å². The van der Waals surface area contributed by atoms with Crippen molar-refractivity contribution < 1.29 is 0 Å². The molecular weight excluding hydrogens is 398 g/mol. The predicted molar refractivity (Wildman–Crippen MR) is 98.6 cm³/mol. The molecule has 108 valence electrons. The molecule has 1 heterocycles. The summed E-state index contributed by atoms with van der Waals surface area (Å²) in [5, 5.41) is 0. The van der Waals surface area contributed by atoms with Gasteiger partial charge < -0.3 is 0 Å². The van der Waals surface area contributed by atoms with Gasteiger partial charge in [0.05, 0.1) is 0 Å². The summed E-state index contributed by atoms with van der Waals surface area (Å²) in [6.07, 6.45) is 11.2. The summed E-state index contributed by atoms with van der Waals surface area (Å²) in [5.74, 6) is 0. The van der Waals surface area contributed by atoms with Crippen molar-refractivity contribution in [1.29, 1.82) is 0 Å². The third kappa shape index (κ3) is 4.73. The Labute approximate surface area is 144 Å². The van der Waals surface area contributed by atoms with Gasteiger partial charge in [-0.2, -0.15) is 0 Å². The van der Waals surface area contributed by atoms with Crippen LogP contribution in [0.4, 0.5) is 0 Å². The minimum absolute atomic E-state index is 0.492. The molecular formula is C20H16Se2. The summed E-state index contributed by atoms with van der Waals surface area (Å²) >= 11 is 1.02. The SMILES string of the molecule is C1=C(/C=C/c2ccccc2)[Se]/C(=C/C=C/c2ccccc2)[Se]1. The van der Waals surface area contributed by atoms with E-state index in [4.69, 9.17) is 0 Å². The van der Waals surface area contributed by atoms with E-state index in [0.717, 1.165) is 0 Å². The van der Waals surface area contributed by atoms with Crippen molar-refractivity contribution in [2.75, 3.05) is 0 Å². The van der Waals surface area contributed by atoms with Crippen LogP contribution in [-0.4, -0.2) is 29.9 Å². The van der Waals surface area contributed by atoms with Gasteiger partial charge in [0, 0.05) is 0 Å². The number of rotatable bonds is 4. The average Bonchev–Trinajstić information content (AvgIpc) is 3.03. The Morgan fingerprint density at radius 1 is 0.682 bits per heavy atom. The minimum atomic E-state index is 0.492. The standard InChI is InChI=1S/C20H16Se2/c1-3-8-17(9-4-1)12-7-13-20-21-16-19(22-20)15-14-18-10-5-2-6-11-18/h1-16H/b12-7+,15-14+,20-13+. The molecule has 0 spiro atoms. The van der Waals surface area contributed by atoms with Crippen LogP contribution >= 0.6 is 0 Å². The molecule has 0 saturated carbocycles. The van der Waals surface area contributed by atoms with Gasteiger partial charge in [-0.1, -0.05) is 0 Å². The summed E-state index contributed by atoms with van der Waals surface area (Å²) < 4.78 is 3.09. The summed E-state index contributed by atoms with van der Waals surface area (Å²) in [4.78, 5) is 2.41. The third-order valence-electron chi connectivity index (χ3n) is 3.07. The second kappa shape index (κ2) is 8.17. The van der Waals surface area contributed by atoms with E-state index < -0.39 is 0 Å². The molecule has 0 nitrogen and oxygen atoms in total. The first kappa shape index (κ1) is 15.3. The molecule has 0 N–H and O–H groups in total. The van der Waals surface area contributed by atoms with Crippen molar-refractivity contribution in [2.45, 2.75) is 0 Å². The Morgan fingerprint density at radius 3 is 2.00 bits per heavy atom. The maximum atomic E-state index is 2.41. The number of benzene rings is 2. The molecule has 0 fully saturated rings. The summed E-state index contributed by atoms with van der Waals surface area (Å²) in [7, 11) is 0. The van der Waals surface area contributed by atoms with Gasteiger partial charge in [-0.15, -0.1) is 0 Å². The van der Waals surface area contributed by atoms with Crippen LogP contribution in [0.25, 0.3) is 12.2 Å². The van der Waals surface area contributed by atoms with E-state index in [1.54, 1.807) is 3.37 Å². The molecule has 0 radical (unpaired) electrons. The Balaban J connectivity index is 1.56. The van der Waals surface area contributed by atoms with Gasteiger partial charge in [0.25, 0.3) is 0 Å². The van der Waals surface area contributed by atoms with E-state index in [1.165, 1.54) is 15.6 Å². The summed E-state index contributed by atoms with van der Waals surface area (Å²) in [6.45, 7) is 0. The van der Waals surface area contributed by atoms with Gasteiger partial charge in [-0.25, -0.2) is 0 Å². The average molecular weight is 414 g/mol. The second-order valence-corrected chi connectivity index (χ2v) is 10.3. The second-order valence-electron chi connectivity index (χ2n) is 4.74. The van der Waals surface area contributed by atoms with Crippen LogP contribution in [0.15, 0.2) is 91.7 Å². The molecule has 0 aromatic heterocycles. The molecule has 0 bridgehead atoms. The van der Waals surface area contributed by atoms with Gasteiger partial charge in [0.1, 0.15) is 0 Å². The van der Waals surface area contributed by atoms with E-state index in [9.17, 15) is 0 Å². The van der Waals surface area contributed by atoms with Crippen LogP contribution in [0.5, 0.6) is 0 Å². The normalized spacial score (nSPS) is 16.7. The van der Waals surface area contributed by atoms with Crippen LogP contribution in [0, 0.1) is 0 Å². The topological polar surface area (TPSA) is 0 Å². The first-order valence-electron chi connectivity index (χ1n) is 7.11. The van der Waals surface area contributed by atoms with Gasteiger partial charge in [-0.05, 0) is 0 Å². The zero-order valence-electron chi connectivity index (χ0n) is 12.1. The van der Waals surface area contributed by atoms with Gasteiger partial charge in [0.2, 0.25) is 0 Å². The van der Waals surface area contributed by atoms with E-state index in [0.29, 0.717) is 29.9 Å². The maximum absolute atomic E-state index is 2.41. The van der Waals surface area contributed by atoms with Crippen molar-refractivity contribution in [1.82, 2.24) is 0 Å². The first-order chi connectivity index (χ1) is 10.9. The third-order valence-corrected chi connectivity index (χ3v) is 9.07. The molecule has 2 aromatic rings. The number of hydrogen-bond acceptors (Lipinski definition) is 0. The van der Waals surface area contributed by atoms with Crippen LogP contribution < -0.4 is 0 Å². The predicted octanol–water partition coefficient (Wildman–Crippen LogP) is 4.52. The molecule has 1 aliphatic rings. The van der Waals surface area contributed by atoms with Crippen LogP contribution in [-0.2, 0) is 0 Å². The van der Waals surface area contributed by atoms with E-state index >= 15 is 0 Å². The molecule has 3 rings (SSSR count). The van der Waals surface area contributed by atoms with Crippen molar-refractivity contribution >= 4 is 42.1 Å².